The number of hydrogen-bond acceptors (Lipinski definition) is 4. The van der Waals surface area contributed by atoms with Crippen molar-refractivity contribution in [3.05, 3.63) is 65.7 Å². The van der Waals surface area contributed by atoms with Crippen LogP contribution in [0.2, 0.25) is 0 Å². The molecular weight excluding hydrogens is 346 g/mol. The van der Waals surface area contributed by atoms with Crippen LogP contribution < -0.4 is 4.90 Å². The number of carbonyl (C=O) groups excluding carboxylic acids is 1. The van der Waals surface area contributed by atoms with Crippen LogP contribution in [0.25, 0.3) is 0 Å². The molecule has 2 aromatic carbocycles. The highest BCUT2D eigenvalue weighted by atomic mass is 16.1. The fourth-order valence-corrected chi connectivity index (χ4v) is 4.60. The number of hydrogen-bond donors (Lipinski definition) is 0. The van der Waals surface area contributed by atoms with Crippen molar-refractivity contribution in [2.75, 3.05) is 44.2 Å². The van der Waals surface area contributed by atoms with Crippen molar-refractivity contribution in [2.24, 2.45) is 0 Å². The maximum atomic E-state index is 11.7. The van der Waals surface area contributed by atoms with E-state index in [1.165, 1.54) is 24.1 Å². The summed E-state index contributed by atoms with van der Waals surface area (Å²) in [5.74, 6) is 0.148. The lowest BCUT2D eigenvalue weighted by atomic mass is 10.0. The van der Waals surface area contributed by atoms with Crippen LogP contribution in [0.15, 0.2) is 54.6 Å². The van der Waals surface area contributed by atoms with E-state index >= 15 is 0 Å². The summed E-state index contributed by atoms with van der Waals surface area (Å²) in [6.07, 6.45) is 2.56. The summed E-state index contributed by atoms with van der Waals surface area (Å²) >= 11 is 0. The number of ketones is 1. The highest BCUT2D eigenvalue weighted by Gasteiger charge is 2.28. The normalized spacial score (nSPS) is 21.6. The highest BCUT2D eigenvalue weighted by Crippen LogP contribution is 2.22. The molecule has 2 aromatic rings. The maximum Gasteiger partial charge on any atom is 0.159 e. The van der Waals surface area contributed by atoms with Crippen LogP contribution in [0.4, 0.5) is 5.69 Å². The monoisotopic (exact) mass is 377 g/mol. The van der Waals surface area contributed by atoms with Crippen LogP contribution in [0, 0.1) is 0 Å². The van der Waals surface area contributed by atoms with Crippen molar-refractivity contribution in [1.82, 2.24) is 9.80 Å². The van der Waals surface area contributed by atoms with E-state index in [9.17, 15) is 4.79 Å². The average molecular weight is 378 g/mol. The van der Waals surface area contributed by atoms with Gasteiger partial charge in [0.05, 0.1) is 0 Å². The molecule has 0 N–H and O–H groups in total. The topological polar surface area (TPSA) is 26.8 Å². The summed E-state index contributed by atoms with van der Waals surface area (Å²) in [5.41, 5.74) is 3.42. The molecule has 1 atom stereocenters. The van der Waals surface area contributed by atoms with E-state index < -0.39 is 0 Å². The van der Waals surface area contributed by atoms with E-state index in [4.69, 9.17) is 0 Å². The molecule has 2 saturated heterocycles. The van der Waals surface area contributed by atoms with Gasteiger partial charge in [0, 0.05) is 56.6 Å². The molecule has 4 nitrogen and oxygen atoms in total. The first-order chi connectivity index (χ1) is 13.7. The molecular formula is C24H31N3O. The van der Waals surface area contributed by atoms with Crippen LogP contribution >= 0.6 is 0 Å². The van der Waals surface area contributed by atoms with Gasteiger partial charge in [0.2, 0.25) is 0 Å². The molecule has 1 unspecified atom stereocenters. The number of para-hydroxylation sites is 1. The van der Waals surface area contributed by atoms with Gasteiger partial charge in [0.25, 0.3) is 0 Å². The molecule has 4 rings (SSSR count). The average Bonchev–Trinajstić information content (AvgIpc) is 2.75. The Balaban J connectivity index is 1.32. The standard InChI is InChI=1S/C24H31N3O/c1-20(28)22-8-5-7-21(17-22)18-25-12-6-11-24(19-25)27-15-13-26(14-16-27)23-9-3-2-4-10-23/h2-5,7-10,17,24H,6,11-16,18-19H2,1H3. The quantitative estimate of drug-likeness (QED) is 0.743. The third-order valence-electron chi connectivity index (χ3n) is 6.17. The third-order valence-corrected chi connectivity index (χ3v) is 6.17. The lowest BCUT2D eigenvalue weighted by Gasteiger charge is -2.44. The molecule has 0 aromatic heterocycles. The van der Waals surface area contributed by atoms with Crippen LogP contribution in [0.3, 0.4) is 0 Å². The lowest BCUT2D eigenvalue weighted by Crippen LogP contribution is -2.55. The van der Waals surface area contributed by atoms with Gasteiger partial charge in [-0.1, -0.05) is 36.4 Å². The smallest absolute Gasteiger partial charge is 0.159 e. The zero-order chi connectivity index (χ0) is 19.3. The fourth-order valence-electron chi connectivity index (χ4n) is 4.60. The molecule has 0 bridgehead atoms. The summed E-state index contributed by atoms with van der Waals surface area (Å²) in [6.45, 7) is 9.40. The number of carbonyl (C=O) groups is 1. The lowest BCUT2D eigenvalue weighted by molar-refractivity contribution is 0.0887. The predicted molar refractivity (Wildman–Crippen MR) is 115 cm³/mol. The summed E-state index contributed by atoms with van der Waals surface area (Å²) < 4.78 is 0. The van der Waals surface area contributed by atoms with Crippen LogP contribution in [-0.4, -0.2) is 60.9 Å². The SMILES string of the molecule is CC(=O)c1cccc(CN2CCCC(N3CCN(c4ccccc4)CC3)C2)c1. The molecule has 2 fully saturated rings. The molecule has 4 heteroatoms. The Kier molecular flexibility index (Phi) is 6.08. The van der Waals surface area contributed by atoms with Crippen LogP contribution in [0.5, 0.6) is 0 Å². The van der Waals surface area contributed by atoms with Gasteiger partial charge < -0.3 is 4.90 Å². The Morgan fingerprint density at radius 2 is 1.75 bits per heavy atom. The molecule has 0 amide bonds. The van der Waals surface area contributed by atoms with Gasteiger partial charge in [0.15, 0.2) is 5.78 Å². The number of rotatable bonds is 5. The van der Waals surface area contributed by atoms with Gasteiger partial charge in [-0.3, -0.25) is 14.6 Å². The maximum absolute atomic E-state index is 11.7. The number of nitrogens with zero attached hydrogens (tertiary/aromatic N) is 3. The number of piperidine rings is 1. The van der Waals surface area contributed by atoms with Crippen molar-refractivity contribution in [2.45, 2.75) is 32.4 Å². The second-order valence-electron chi connectivity index (χ2n) is 8.15. The van der Waals surface area contributed by atoms with Gasteiger partial charge in [-0.25, -0.2) is 0 Å². The largest absolute Gasteiger partial charge is 0.369 e. The van der Waals surface area contributed by atoms with E-state index in [2.05, 4.69) is 57.2 Å². The van der Waals surface area contributed by atoms with E-state index in [1.807, 2.05) is 12.1 Å². The van der Waals surface area contributed by atoms with Crippen molar-refractivity contribution in [3.63, 3.8) is 0 Å². The van der Waals surface area contributed by atoms with Crippen molar-refractivity contribution >= 4 is 11.5 Å². The number of anilines is 1. The summed E-state index contributed by atoms with van der Waals surface area (Å²) in [5, 5.41) is 0. The minimum Gasteiger partial charge on any atom is -0.369 e. The first-order valence-corrected chi connectivity index (χ1v) is 10.6. The van der Waals surface area contributed by atoms with Crippen molar-refractivity contribution in [3.8, 4) is 0 Å². The van der Waals surface area contributed by atoms with Gasteiger partial charge >= 0.3 is 0 Å². The molecule has 2 heterocycles. The molecule has 28 heavy (non-hydrogen) atoms. The molecule has 0 radical (unpaired) electrons. The van der Waals surface area contributed by atoms with E-state index in [0.29, 0.717) is 6.04 Å². The van der Waals surface area contributed by atoms with Crippen LogP contribution in [-0.2, 0) is 6.54 Å². The Labute approximate surface area is 168 Å². The molecule has 2 aliphatic rings. The van der Waals surface area contributed by atoms with E-state index in [1.54, 1.807) is 6.92 Å². The summed E-state index contributed by atoms with van der Waals surface area (Å²) in [4.78, 5) is 19.4. The first-order valence-electron chi connectivity index (χ1n) is 10.6. The first kappa shape index (κ1) is 19.2. The molecule has 0 spiro atoms. The third kappa shape index (κ3) is 4.62. The Hall–Kier alpha value is -2.17. The minimum absolute atomic E-state index is 0.148. The van der Waals surface area contributed by atoms with Crippen molar-refractivity contribution < 1.29 is 4.79 Å². The fraction of sp³-hybridized carbons (Fsp3) is 0.458. The Bertz CT molecular complexity index is 783. The van der Waals surface area contributed by atoms with Crippen LogP contribution in [0.1, 0.15) is 35.7 Å². The molecule has 0 aliphatic carbocycles. The highest BCUT2D eigenvalue weighted by molar-refractivity contribution is 5.94. The zero-order valence-corrected chi connectivity index (χ0v) is 16.9. The minimum atomic E-state index is 0.148. The van der Waals surface area contributed by atoms with Gasteiger partial charge in [-0.15, -0.1) is 0 Å². The summed E-state index contributed by atoms with van der Waals surface area (Å²) in [6, 6.07) is 19.6. The Morgan fingerprint density at radius 3 is 2.50 bits per heavy atom. The van der Waals surface area contributed by atoms with Gasteiger partial charge in [0.1, 0.15) is 0 Å². The Morgan fingerprint density at radius 1 is 0.964 bits per heavy atom. The number of benzene rings is 2. The van der Waals surface area contributed by atoms with E-state index in [0.717, 1.165) is 51.4 Å². The number of piperazine rings is 1. The van der Waals surface area contributed by atoms with Crippen molar-refractivity contribution in [1.29, 1.82) is 0 Å². The second-order valence-corrected chi connectivity index (χ2v) is 8.15. The van der Waals surface area contributed by atoms with E-state index in [-0.39, 0.29) is 5.78 Å². The molecule has 148 valence electrons. The molecule has 2 aliphatic heterocycles. The molecule has 0 saturated carbocycles. The number of Topliss-reactive ketones (excluding diaryl/α,β-unsaturated/α-hetero) is 1. The zero-order valence-electron chi connectivity index (χ0n) is 16.9. The van der Waals surface area contributed by atoms with Gasteiger partial charge in [-0.2, -0.15) is 0 Å². The predicted octanol–water partition coefficient (Wildman–Crippen LogP) is 3.68. The second kappa shape index (κ2) is 8.89. The van der Waals surface area contributed by atoms with Gasteiger partial charge in [-0.05, 0) is 50.1 Å². The summed E-state index contributed by atoms with van der Waals surface area (Å²) in [7, 11) is 0. The number of likely N-dealkylation sites (tertiary alicyclic amines) is 1.